The number of hydrogen-bond donors (Lipinski definition) is 0. The Morgan fingerprint density at radius 1 is 1.30 bits per heavy atom. The fraction of sp³-hybridized carbons (Fsp3) is 0.200. The Labute approximate surface area is 115 Å². The normalized spacial score (nSPS) is 11.9. The second kappa shape index (κ2) is 5.61. The molecule has 0 aliphatic rings. The molecule has 0 fully saturated rings. The van der Waals surface area contributed by atoms with Crippen molar-refractivity contribution in [3.8, 4) is 0 Å². The van der Waals surface area contributed by atoms with Crippen LogP contribution in [0, 0.1) is 0 Å². The smallest absolute Gasteiger partial charge is 0.337 e. The van der Waals surface area contributed by atoms with Gasteiger partial charge in [-0.3, -0.25) is 4.79 Å². The number of rotatable bonds is 4. The molecule has 104 valence electrons. The summed E-state index contributed by atoms with van der Waals surface area (Å²) in [6.07, 6.45) is -0.993. The molecule has 1 heterocycles. The topological polar surface area (TPSA) is 65.7 Å². The monoisotopic (exact) mass is 274 g/mol. The van der Waals surface area contributed by atoms with Crippen LogP contribution in [-0.2, 0) is 19.1 Å². The van der Waals surface area contributed by atoms with Crippen molar-refractivity contribution in [2.45, 2.75) is 13.0 Å². The van der Waals surface area contributed by atoms with Crippen molar-refractivity contribution in [2.75, 3.05) is 7.11 Å². The van der Waals surface area contributed by atoms with Crippen molar-refractivity contribution in [3.63, 3.8) is 0 Å². The molecule has 0 spiro atoms. The van der Waals surface area contributed by atoms with Gasteiger partial charge in [-0.15, -0.1) is 0 Å². The van der Waals surface area contributed by atoms with Gasteiger partial charge in [-0.2, -0.15) is 0 Å². The van der Waals surface area contributed by atoms with Crippen LogP contribution in [0.1, 0.15) is 18.8 Å². The van der Waals surface area contributed by atoms with Crippen LogP contribution in [0.4, 0.5) is 0 Å². The van der Waals surface area contributed by atoms with Gasteiger partial charge in [-0.1, -0.05) is 24.8 Å². The van der Waals surface area contributed by atoms with Crippen molar-refractivity contribution < 1.29 is 23.5 Å². The molecule has 0 saturated carbocycles. The van der Waals surface area contributed by atoms with Crippen LogP contribution in [0.25, 0.3) is 11.0 Å². The number of hydrogen-bond acceptors (Lipinski definition) is 5. The van der Waals surface area contributed by atoms with E-state index in [-0.39, 0.29) is 5.57 Å². The van der Waals surface area contributed by atoms with Crippen LogP contribution in [0.2, 0.25) is 0 Å². The van der Waals surface area contributed by atoms with Gasteiger partial charge in [0.05, 0.1) is 12.7 Å². The Morgan fingerprint density at radius 2 is 2.00 bits per heavy atom. The molecule has 1 aromatic heterocycles. The Kier molecular flexibility index (Phi) is 3.89. The van der Waals surface area contributed by atoms with Crippen molar-refractivity contribution in [2.24, 2.45) is 0 Å². The van der Waals surface area contributed by atoms with E-state index in [2.05, 4.69) is 11.3 Å². The second-order valence-corrected chi connectivity index (χ2v) is 4.19. The Balaban J connectivity index is 2.42. The largest absolute Gasteiger partial charge is 0.466 e. The molecule has 1 atom stereocenters. The minimum atomic E-state index is -0.993. The first-order chi connectivity index (χ1) is 9.52. The Hall–Kier alpha value is -2.56. The van der Waals surface area contributed by atoms with Gasteiger partial charge in [0.1, 0.15) is 5.58 Å². The molecule has 0 radical (unpaired) electrons. The molecule has 0 saturated heterocycles. The van der Waals surface area contributed by atoms with E-state index in [4.69, 9.17) is 9.15 Å². The second-order valence-electron chi connectivity index (χ2n) is 4.19. The first kappa shape index (κ1) is 13.9. The van der Waals surface area contributed by atoms with Gasteiger partial charge in [0, 0.05) is 12.3 Å². The maximum Gasteiger partial charge on any atom is 0.337 e. The highest BCUT2D eigenvalue weighted by Crippen LogP contribution is 2.30. The number of ether oxygens (including phenoxy) is 2. The summed E-state index contributed by atoms with van der Waals surface area (Å²) < 4.78 is 15.3. The Morgan fingerprint density at radius 3 is 2.60 bits per heavy atom. The van der Waals surface area contributed by atoms with Crippen LogP contribution in [0.3, 0.4) is 0 Å². The van der Waals surface area contributed by atoms with E-state index in [1.54, 1.807) is 12.1 Å². The summed E-state index contributed by atoms with van der Waals surface area (Å²) in [5, 5.41) is 0.845. The molecule has 0 bridgehead atoms. The fourth-order valence-corrected chi connectivity index (χ4v) is 1.84. The van der Waals surface area contributed by atoms with E-state index < -0.39 is 18.0 Å². The third-order valence-corrected chi connectivity index (χ3v) is 2.75. The lowest BCUT2D eigenvalue weighted by molar-refractivity contribution is -0.148. The van der Waals surface area contributed by atoms with Crippen LogP contribution in [0.15, 0.2) is 46.9 Å². The number of furan rings is 1. The quantitative estimate of drug-likeness (QED) is 0.633. The summed E-state index contributed by atoms with van der Waals surface area (Å²) in [6, 6.07) is 9.03. The molecule has 1 aromatic carbocycles. The average Bonchev–Trinajstić information content (AvgIpc) is 2.86. The Bertz CT molecular complexity index is 635. The van der Waals surface area contributed by atoms with Crippen LogP contribution >= 0.6 is 0 Å². The molecule has 2 rings (SSSR count). The van der Waals surface area contributed by atoms with Crippen molar-refractivity contribution in [1.82, 2.24) is 0 Å². The van der Waals surface area contributed by atoms with Gasteiger partial charge in [-0.25, -0.2) is 4.79 Å². The SMILES string of the molecule is C=C(C(=O)OC)C(OC(C)=O)c1cc2ccccc2o1. The van der Waals surface area contributed by atoms with Crippen LogP contribution < -0.4 is 0 Å². The standard InChI is InChI=1S/C15H14O5/c1-9(15(17)18-3)14(19-10(2)16)13-8-11-6-4-5-7-12(11)20-13/h4-8,14H,1H2,2-3H3. The maximum absolute atomic E-state index is 11.6. The highest BCUT2D eigenvalue weighted by molar-refractivity contribution is 5.90. The van der Waals surface area contributed by atoms with Crippen molar-refractivity contribution >= 4 is 22.9 Å². The first-order valence-electron chi connectivity index (χ1n) is 5.95. The number of methoxy groups -OCH3 is 1. The molecule has 1 unspecified atom stereocenters. The predicted molar refractivity (Wildman–Crippen MR) is 71.9 cm³/mol. The van der Waals surface area contributed by atoms with E-state index in [0.717, 1.165) is 5.39 Å². The third-order valence-electron chi connectivity index (χ3n) is 2.75. The molecule has 20 heavy (non-hydrogen) atoms. The highest BCUT2D eigenvalue weighted by atomic mass is 16.6. The molecule has 0 aliphatic carbocycles. The highest BCUT2D eigenvalue weighted by Gasteiger charge is 2.27. The van der Waals surface area contributed by atoms with Crippen molar-refractivity contribution in [1.29, 1.82) is 0 Å². The minimum Gasteiger partial charge on any atom is -0.466 e. The summed E-state index contributed by atoms with van der Waals surface area (Å²) in [7, 11) is 1.23. The number of benzene rings is 1. The van der Waals surface area contributed by atoms with Crippen molar-refractivity contribution in [3.05, 3.63) is 48.2 Å². The number of carbonyl (C=O) groups is 2. The van der Waals surface area contributed by atoms with Gasteiger partial charge < -0.3 is 13.9 Å². The van der Waals surface area contributed by atoms with Gasteiger partial charge in [-0.05, 0) is 12.1 Å². The zero-order valence-corrected chi connectivity index (χ0v) is 11.2. The van der Waals surface area contributed by atoms with Crippen LogP contribution in [0.5, 0.6) is 0 Å². The van der Waals surface area contributed by atoms with Gasteiger partial charge in [0.15, 0.2) is 11.9 Å². The zero-order chi connectivity index (χ0) is 14.7. The molecule has 0 aliphatic heterocycles. The summed E-state index contributed by atoms with van der Waals surface area (Å²) in [6.45, 7) is 4.86. The maximum atomic E-state index is 11.6. The predicted octanol–water partition coefficient (Wildman–Crippen LogP) is 2.77. The lowest BCUT2D eigenvalue weighted by Crippen LogP contribution is -2.16. The summed E-state index contributed by atoms with van der Waals surface area (Å²) >= 11 is 0. The van der Waals surface area contributed by atoms with E-state index in [9.17, 15) is 9.59 Å². The number of fused-ring (bicyclic) bond motifs is 1. The molecular weight excluding hydrogens is 260 g/mol. The summed E-state index contributed by atoms with van der Waals surface area (Å²) in [4.78, 5) is 22.8. The summed E-state index contributed by atoms with van der Waals surface area (Å²) in [5.74, 6) is -0.867. The van der Waals surface area contributed by atoms with E-state index in [1.807, 2.05) is 18.2 Å². The summed E-state index contributed by atoms with van der Waals surface area (Å²) in [5.41, 5.74) is 0.638. The molecule has 0 N–H and O–H groups in total. The minimum absolute atomic E-state index is 0.00163. The van der Waals surface area contributed by atoms with Gasteiger partial charge in [0.2, 0.25) is 0 Å². The van der Waals surface area contributed by atoms with E-state index in [0.29, 0.717) is 11.3 Å². The molecule has 0 amide bonds. The average molecular weight is 274 g/mol. The first-order valence-corrected chi connectivity index (χ1v) is 5.95. The number of carbonyl (C=O) groups excluding carboxylic acids is 2. The zero-order valence-electron chi connectivity index (χ0n) is 11.2. The fourth-order valence-electron chi connectivity index (χ4n) is 1.84. The van der Waals surface area contributed by atoms with Crippen LogP contribution in [-0.4, -0.2) is 19.0 Å². The third kappa shape index (κ3) is 2.71. The lowest BCUT2D eigenvalue weighted by Gasteiger charge is -2.15. The molecular formula is C15H14O5. The number of para-hydroxylation sites is 1. The molecule has 5 heteroatoms. The lowest BCUT2D eigenvalue weighted by atomic mass is 10.1. The van der Waals surface area contributed by atoms with E-state index >= 15 is 0 Å². The molecule has 2 aromatic rings. The van der Waals surface area contributed by atoms with E-state index in [1.165, 1.54) is 14.0 Å². The van der Waals surface area contributed by atoms with Gasteiger partial charge in [0.25, 0.3) is 0 Å². The van der Waals surface area contributed by atoms with Gasteiger partial charge >= 0.3 is 11.9 Å². The number of esters is 2. The molecule has 5 nitrogen and oxygen atoms in total.